The van der Waals surface area contributed by atoms with Gasteiger partial charge in [-0.1, -0.05) is 6.92 Å². The molecule has 22 heavy (non-hydrogen) atoms. The lowest BCUT2D eigenvalue weighted by Crippen LogP contribution is -2.43. The molecule has 122 valence electrons. The molecule has 3 rings (SSSR count). The van der Waals surface area contributed by atoms with Crippen LogP contribution in [0.3, 0.4) is 0 Å². The summed E-state index contributed by atoms with van der Waals surface area (Å²) in [5, 5.41) is 9.96. The van der Waals surface area contributed by atoms with Crippen molar-refractivity contribution in [2.45, 2.75) is 37.2 Å². The second-order valence-electron chi connectivity index (χ2n) is 6.24. The van der Waals surface area contributed by atoms with Crippen LogP contribution in [-0.2, 0) is 10.0 Å². The van der Waals surface area contributed by atoms with E-state index in [1.807, 2.05) is 11.8 Å². The highest BCUT2D eigenvalue weighted by Gasteiger charge is 2.28. The number of piperidine rings is 1. The molecule has 0 aliphatic carbocycles. The van der Waals surface area contributed by atoms with Crippen molar-refractivity contribution < 1.29 is 13.5 Å². The lowest BCUT2D eigenvalue weighted by atomic mass is 9.96. The first kappa shape index (κ1) is 15.7. The Bertz CT molecular complexity index is 611. The highest BCUT2D eigenvalue weighted by molar-refractivity contribution is 7.89. The minimum absolute atomic E-state index is 0.254. The predicted molar refractivity (Wildman–Crippen MR) is 84.2 cm³/mol. The third-order valence-electron chi connectivity index (χ3n) is 4.67. The van der Waals surface area contributed by atoms with Gasteiger partial charge in [0.05, 0.1) is 6.10 Å². The number of pyridine rings is 1. The normalized spacial score (nSPS) is 27.3. The molecule has 3 heterocycles. The second kappa shape index (κ2) is 6.14. The fraction of sp³-hybridized carbons (Fsp3) is 0.667. The zero-order valence-corrected chi connectivity index (χ0v) is 13.7. The maximum atomic E-state index is 12.4. The van der Waals surface area contributed by atoms with Gasteiger partial charge in [-0.2, -0.15) is 4.31 Å². The van der Waals surface area contributed by atoms with E-state index in [0.29, 0.717) is 25.6 Å². The number of rotatable bonds is 3. The maximum absolute atomic E-state index is 12.4. The number of sulfonamides is 1. The van der Waals surface area contributed by atoms with E-state index >= 15 is 0 Å². The molecule has 2 fully saturated rings. The zero-order valence-electron chi connectivity index (χ0n) is 12.9. The lowest BCUT2D eigenvalue weighted by molar-refractivity contribution is 0.102. The van der Waals surface area contributed by atoms with Crippen molar-refractivity contribution in [1.29, 1.82) is 0 Å². The number of nitrogens with zero attached hydrogens (tertiary/aromatic N) is 3. The standard InChI is InChI=1S/C15H23N3O3S/c1-12-6-9-17(11-14(12)19)15-5-4-13(10-16-15)22(20,21)18-7-2-3-8-18/h4-5,10,12,14,19H,2-3,6-9,11H2,1H3. The van der Waals surface area contributed by atoms with E-state index in [2.05, 4.69) is 4.98 Å². The second-order valence-corrected chi connectivity index (χ2v) is 8.18. The average molecular weight is 325 g/mol. The van der Waals surface area contributed by atoms with Crippen molar-refractivity contribution in [1.82, 2.24) is 9.29 Å². The van der Waals surface area contributed by atoms with Crippen LogP contribution in [0.2, 0.25) is 0 Å². The van der Waals surface area contributed by atoms with E-state index in [1.165, 1.54) is 10.5 Å². The van der Waals surface area contributed by atoms with Crippen molar-refractivity contribution >= 4 is 15.8 Å². The fourth-order valence-corrected chi connectivity index (χ4v) is 4.51. The van der Waals surface area contributed by atoms with Crippen LogP contribution in [0.4, 0.5) is 5.82 Å². The van der Waals surface area contributed by atoms with Crippen LogP contribution in [-0.4, -0.2) is 55.1 Å². The Morgan fingerprint density at radius 3 is 2.55 bits per heavy atom. The van der Waals surface area contributed by atoms with Crippen molar-refractivity contribution in [3.8, 4) is 0 Å². The number of anilines is 1. The average Bonchev–Trinajstić information content (AvgIpc) is 3.05. The monoisotopic (exact) mass is 325 g/mol. The summed E-state index contributed by atoms with van der Waals surface area (Å²) in [4.78, 5) is 6.57. The lowest BCUT2D eigenvalue weighted by Gasteiger charge is -2.35. The molecule has 2 aliphatic rings. The van der Waals surface area contributed by atoms with Gasteiger partial charge >= 0.3 is 0 Å². The maximum Gasteiger partial charge on any atom is 0.244 e. The SMILES string of the molecule is CC1CCN(c2ccc(S(=O)(=O)N3CCCC3)cn2)CC1O. The highest BCUT2D eigenvalue weighted by atomic mass is 32.2. The molecule has 2 unspecified atom stereocenters. The van der Waals surface area contributed by atoms with Gasteiger partial charge in [0.15, 0.2) is 0 Å². The van der Waals surface area contributed by atoms with E-state index in [1.54, 1.807) is 12.1 Å². The van der Waals surface area contributed by atoms with Gasteiger partial charge in [0, 0.05) is 32.4 Å². The number of β-amino-alcohol motifs (C(OH)–C–C–N with tert-alkyl or cyclic N) is 1. The smallest absolute Gasteiger partial charge is 0.244 e. The minimum Gasteiger partial charge on any atom is -0.391 e. The Labute approximate surface area is 131 Å². The number of aliphatic hydroxyl groups excluding tert-OH is 1. The molecule has 0 spiro atoms. The Kier molecular flexibility index (Phi) is 4.38. The van der Waals surface area contributed by atoms with E-state index in [9.17, 15) is 13.5 Å². The van der Waals surface area contributed by atoms with Crippen LogP contribution in [0.5, 0.6) is 0 Å². The molecule has 6 nitrogen and oxygen atoms in total. The Hall–Kier alpha value is -1.18. The Balaban J connectivity index is 1.75. The van der Waals surface area contributed by atoms with Crippen molar-refractivity contribution in [3.63, 3.8) is 0 Å². The van der Waals surface area contributed by atoms with Gasteiger partial charge in [-0.25, -0.2) is 13.4 Å². The van der Waals surface area contributed by atoms with E-state index < -0.39 is 10.0 Å². The van der Waals surface area contributed by atoms with Crippen molar-refractivity contribution in [3.05, 3.63) is 18.3 Å². The summed E-state index contributed by atoms with van der Waals surface area (Å²) in [7, 11) is -3.40. The van der Waals surface area contributed by atoms with E-state index in [0.717, 1.165) is 31.6 Å². The van der Waals surface area contributed by atoms with Gasteiger partial charge in [-0.15, -0.1) is 0 Å². The third-order valence-corrected chi connectivity index (χ3v) is 6.55. The largest absolute Gasteiger partial charge is 0.391 e. The molecular formula is C15H23N3O3S. The van der Waals surface area contributed by atoms with Crippen molar-refractivity contribution in [2.24, 2.45) is 5.92 Å². The predicted octanol–water partition coefficient (Wildman–Crippen LogP) is 1.07. The fourth-order valence-electron chi connectivity index (χ4n) is 3.05. The van der Waals surface area contributed by atoms with E-state index in [4.69, 9.17) is 0 Å². The van der Waals surface area contributed by atoms with Gasteiger partial charge in [0.2, 0.25) is 10.0 Å². The number of aromatic nitrogens is 1. The zero-order chi connectivity index (χ0) is 15.7. The first-order chi connectivity index (χ1) is 10.5. The summed E-state index contributed by atoms with van der Waals surface area (Å²) in [6, 6.07) is 3.37. The molecular weight excluding hydrogens is 302 g/mol. The van der Waals surface area contributed by atoms with Crippen LogP contribution >= 0.6 is 0 Å². The van der Waals surface area contributed by atoms with Crippen LogP contribution in [0, 0.1) is 5.92 Å². The quantitative estimate of drug-likeness (QED) is 0.900. The molecule has 1 aromatic heterocycles. The van der Waals surface area contributed by atoms with Crippen molar-refractivity contribution in [2.75, 3.05) is 31.1 Å². The molecule has 0 bridgehead atoms. The first-order valence-corrected chi connectivity index (χ1v) is 9.32. The molecule has 0 radical (unpaired) electrons. The summed E-state index contributed by atoms with van der Waals surface area (Å²) >= 11 is 0. The number of hydrogen-bond donors (Lipinski definition) is 1. The third kappa shape index (κ3) is 2.98. The van der Waals surface area contributed by atoms with Gasteiger partial charge < -0.3 is 10.0 Å². The van der Waals surface area contributed by atoms with Gasteiger partial charge in [0.1, 0.15) is 10.7 Å². The van der Waals surface area contributed by atoms with Crippen LogP contribution in [0.15, 0.2) is 23.2 Å². The number of aliphatic hydroxyl groups is 1. The van der Waals surface area contributed by atoms with Crippen LogP contribution in [0.1, 0.15) is 26.2 Å². The summed E-state index contributed by atoms with van der Waals surface area (Å²) in [6.45, 7) is 4.62. The molecule has 2 aliphatic heterocycles. The first-order valence-electron chi connectivity index (χ1n) is 7.88. The highest BCUT2D eigenvalue weighted by Crippen LogP contribution is 2.24. The Morgan fingerprint density at radius 2 is 1.95 bits per heavy atom. The van der Waals surface area contributed by atoms with Gasteiger partial charge in [-0.05, 0) is 37.3 Å². The Morgan fingerprint density at radius 1 is 1.23 bits per heavy atom. The topological polar surface area (TPSA) is 73.7 Å². The molecule has 0 saturated carbocycles. The molecule has 2 saturated heterocycles. The van der Waals surface area contributed by atoms with E-state index in [-0.39, 0.29) is 11.0 Å². The molecule has 7 heteroatoms. The molecule has 2 atom stereocenters. The van der Waals surface area contributed by atoms with Gasteiger partial charge in [-0.3, -0.25) is 0 Å². The molecule has 1 N–H and O–H groups in total. The summed E-state index contributed by atoms with van der Waals surface area (Å²) in [6.07, 6.45) is 3.84. The summed E-state index contributed by atoms with van der Waals surface area (Å²) in [5.41, 5.74) is 0. The molecule has 0 aromatic carbocycles. The summed E-state index contributed by atoms with van der Waals surface area (Å²) < 4.78 is 26.4. The van der Waals surface area contributed by atoms with Crippen LogP contribution in [0.25, 0.3) is 0 Å². The van der Waals surface area contributed by atoms with Crippen LogP contribution < -0.4 is 4.90 Å². The molecule has 1 aromatic rings. The summed E-state index contributed by atoms with van der Waals surface area (Å²) in [5.74, 6) is 1.03. The van der Waals surface area contributed by atoms with Gasteiger partial charge in [0.25, 0.3) is 0 Å². The molecule has 0 amide bonds. The minimum atomic E-state index is -3.40. The number of hydrogen-bond acceptors (Lipinski definition) is 5.